The molecule has 20 heavy (non-hydrogen) atoms. The molecule has 0 fully saturated rings. The van der Waals surface area contributed by atoms with Gasteiger partial charge in [0.1, 0.15) is 25.1 Å². The van der Waals surface area contributed by atoms with Gasteiger partial charge >= 0.3 is 59.1 Å². The van der Waals surface area contributed by atoms with Gasteiger partial charge in [-0.05, 0) is 6.07 Å². The molecule has 1 aromatic rings. The molecule has 1 rings (SSSR count). The van der Waals surface area contributed by atoms with Crippen LogP contribution in [-0.4, -0.2) is 47.1 Å². The molecule has 6 N–H and O–H groups in total. The van der Waals surface area contributed by atoms with E-state index >= 15 is 0 Å². The van der Waals surface area contributed by atoms with Crippen molar-refractivity contribution in [2.75, 3.05) is 0 Å². The second-order valence-electron chi connectivity index (χ2n) is 2.70. The molecule has 14 heteroatoms. The minimum absolute atomic E-state index is 0. The summed E-state index contributed by atoms with van der Waals surface area (Å²) in [5, 5.41) is 17.9. The molecule has 0 aromatic heterocycles. The predicted octanol–water partition coefficient (Wildman–Crippen LogP) is -8.74. The number of aromatic hydroxyl groups is 2. The zero-order chi connectivity index (χ0) is 12.7. The van der Waals surface area contributed by atoms with Crippen LogP contribution in [0.5, 0.6) is 11.5 Å². The minimum atomic E-state index is -5.20. The SMILES string of the molecule is O.O.O=S(=O)([O-])c1cc(O)c(O)c(S(=O)(=O)[O-])c1.[Na+].[Na+]. The van der Waals surface area contributed by atoms with E-state index in [-0.39, 0.29) is 76.1 Å². The molecule has 0 atom stereocenters. The van der Waals surface area contributed by atoms with E-state index < -0.39 is 41.5 Å². The summed E-state index contributed by atoms with van der Waals surface area (Å²) in [4.78, 5) is -2.50. The fourth-order valence-electron chi connectivity index (χ4n) is 0.903. The summed E-state index contributed by atoms with van der Waals surface area (Å²) < 4.78 is 63.3. The van der Waals surface area contributed by atoms with E-state index in [4.69, 9.17) is 10.2 Å². The summed E-state index contributed by atoms with van der Waals surface area (Å²) in [6, 6.07) is 0.520. The molecule has 0 saturated carbocycles. The molecule has 0 heterocycles. The first-order valence-corrected chi connectivity index (χ1v) is 6.33. The normalized spacial score (nSPS) is 10.1. The van der Waals surface area contributed by atoms with Gasteiger partial charge in [0.25, 0.3) is 0 Å². The first-order chi connectivity index (χ1) is 7.03. The van der Waals surface area contributed by atoms with Crippen molar-refractivity contribution in [1.29, 1.82) is 0 Å². The smallest absolute Gasteiger partial charge is 0.744 e. The zero-order valence-electron chi connectivity index (χ0n) is 10.3. The predicted molar refractivity (Wildman–Crippen MR) is 52.9 cm³/mol. The van der Waals surface area contributed by atoms with Gasteiger partial charge in [-0.3, -0.25) is 0 Å². The molecule has 10 nitrogen and oxygen atoms in total. The van der Waals surface area contributed by atoms with Crippen molar-refractivity contribution in [3.05, 3.63) is 12.1 Å². The third-order valence-corrected chi connectivity index (χ3v) is 3.25. The van der Waals surface area contributed by atoms with Crippen LogP contribution >= 0.6 is 0 Å². The Labute approximate surface area is 158 Å². The van der Waals surface area contributed by atoms with Gasteiger partial charge in [-0.1, -0.05) is 0 Å². The summed E-state index contributed by atoms with van der Waals surface area (Å²) in [6.07, 6.45) is 0. The number of rotatable bonds is 2. The second kappa shape index (κ2) is 9.55. The van der Waals surface area contributed by atoms with Gasteiger partial charge in [0.05, 0.1) is 4.90 Å². The van der Waals surface area contributed by atoms with Gasteiger partial charge in [0.2, 0.25) is 0 Å². The van der Waals surface area contributed by atoms with Crippen molar-refractivity contribution in [2.45, 2.75) is 9.79 Å². The van der Waals surface area contributed by atoms with E-state index in [9.17, 15) is 25.9 Å². The maximum Gasteiger partial charge on any atom is 1.00 e. The Kier molecular flexibility index (Phi) is 13.7. The maximum atomic E-state index is 10.6. The van der Waals surface area contributed by atoms with Gasteiger partial charge in [-0.15, -0.1) is 0 Å². The molecule has 0 aliphatic heterocycles. The number of hydrogen-bond donors (Lipinski definition) is 2. The van der Waals surface area contributed by atoms with Crippen molar-refractivity contribution in [3.8, 4) is 11.5 Å². The Morgan fingerprint density at radius 1 is 0.850 bits per heavy atom. The first kappa shape index (κ1) is 28.7. The van der Waals surface area contributed by atoms with Crippen LogP contribution in [0, 0.1) is 0 Å². The first-order valence-electron chi connectivity index (χ1n) is 3.51. The monoisotopic (exact) mass is 350 g/mol. The average molecular weight is 350 g/mol. The summed E-state index contributed by atoms with van der Waals surface area (Å²) in [5.74, 6) is -2.49. The fourth-order valence-corrected chi connectivity index (χ4v) is 2.11. The Bertz CT molecular complexity index is 638. The van der Waals surface area contributed by atoms with Crippen LogP contribution in [0.3, 0.4) is 0 Å². The van der Waals surface area contributed by atoms with Crippen molar-refractivity contribution in [3.63, 3.8) is 0 Å². The van der Waals surface area contributed by atoms with Crippen LogP contribution in [0.25, 0.3) is 0 Å². The fraction of sp³-hybridized carbons (Fsp3) is 0. The van der Waals surface area contributed by atoms with Crippen LogP contribution in [0.2, 0.25) is 0 Å². The van der Waals surface area contributed by atoms with Crippen molar-refractivity contribution in [1.82, 2.24) is 0 Å². The molecule has 0 spiro atoms. The van der Waals surface area contributed by atoms with E-state index in [1.165, 1.54) is 0 Å². The van der Waals surface area contributed by atoms with Crippen molar-refractivity contribution in [2.24, 2.45) is 0 Å². The Hall–Kier alpha value is 0.560. The number of hydrogen-bond acceptors (Lipinski definition) is 8. The summed E-state index contributed by atoms with van der Waals surface area (Å²) >= 11 is 0. The topological polar surface area (TPSA) is 218 Å². The standard InChI is InChI=1S/C6H6O8S2.2Na.2H2O/c7-4-1-3(15(9,10)11)2-5(6(4)8)16(12,13)14;;;;/h1-2,7-8H,(H,9,10,11)(H,12,13,14);;;2*1H2/q;2*+1;;/p-2. The average Bonchev–Trinajstić information content (AvgIpc) is 2.05. The Morgan fingerprint density at radius 2 is 1.25 bits per heavy atom. The third kappa shape index (κ3) is 7.02. The van der Waals surface area contributed by atoms with Crippen molar-refractivity contribution < 1.29 is 106 Å². The summed E-state index contributed by atoms with van der Waals surface area (Å²) in [6.45, 7) is 0. The Morgan fingerprint density at radius 3 is 1.55 bits per heavy atom. The van der Waals surface area contributed by atoms with E-state index in [1.54, 1.807) is 0 Å². The zero-order valence-corrected chi connectivity index (χ0v) is 15.9. The molecule has 106 valence electrons. The Balaban J connectivity index is -0.000000320. The largest absolute Gasteiger partial charge is 1.00 e. The third-order valence-electron chi connectivity index (χ3n) is 1.59. The van der Waals surface area contributed by atoms with Crippen LogP contribution in [0.4, 0.5) is 0 Å². The van der Waals surface area contributed by atoms with Crippen LogP contribution in [0.15, 0.2) is 21.9 Å². The molecule has 0 aliphatic carbocycles. The maximum absolute atomic E-state index is 10.6. The molecular weight excluding hydrogens is 342 g/mol. The van der Waals surface area contributed by atoms with Crippen molar-refractivity contribution >= 4 is 20.2 Å². The molecule has 0 aliphatic rings. The van der Waals surface area contributed by atoms with E-state index in [0.29, 0.717) is 6.07 Å². The van der Waals surface area contributed by atoms with Gasteiger partial charge in [-0.2, -0.15) is 0 Å². The quantitative estimate of drug-likeness (QED) is 0.295. The van der Waals surface area contributed by atoms with Crippen LogP contribution in [0.1, 0.15) is 0 Å². The van der Waals surface area contributed by atoms with Crippen LogP contribution in [-0.2, 0) is 20.2 Å². The van der Waals surface area contributed by atoms with Gasteiger partial charge in [-0.25, -0.2) is 16.8 Å². The van der Waals surface area contributed by atoms with E-state index in [2.05, 4.69) is 0 Å². The molecule has 0 unspecified atom stereocenters. The molecule has 0 radical (unpaired) electrons. The molecule has 0 saturated heterocycles. The van der Waals surface area contributed by atoms with E-state index in [0.717, 1.165) is 0 Å². The van der Waals surface area contributed by atoms with Gasteiger partial charge < -0.3 is 30.3 Å². The molecular formula is C6H8Na2O10S2. The number of phenolic OH excluding ortho intramolecular Hbond substituents is 2. The molecule has 0 amide bonds. The van der Waals surface area contributed by atoms with Gasteiger partial charge in [0, 0.05) is 6.07 Å². The summed E-state index contributed by atoms with van der Waals surface area (Å²) in [5.41, 5.74) is 0. The van der Waals surface area contributed by atoms with Gasteiger partial charge in [0.15, 0.2) is 11.5 Å². The van der Waals surface area contributed by atoms with E-state index in [1.807, 2.05) is 0 Å². The number of benzene rings is 1. The number of phenols is 2. The van der Waals surface area contributed by atoms with Crippen LogP contribution < -0.4 is 59.1 Å². The minimum Gasteiger partial charge on any atom is -0.744 e. The summed E-state index contributed by atoms with van der Waals surface area (Å²) in [7, 11) is -10.3. The molecule has 1 aromatic carbocycles. The second-order valence-corrected chi connectivity index (χ2v) is 5.43. The molecule has 0 bridgehead atoms.